The van der Waals surface area contributed by atoms with Gasteiger partial charge in [-0.15, -0.1) is 0 Å². The molecule has 0 heterocycles. The molecule has 0 aliphatic carbocycles. The molecule has 0 atom stereocenters. The van der Waals surface area contributed by atoms with E-state index in [4.69, 9.17) is 9.47 Å². The fourth-order valence-electron chi connectivity index (χ4n) is 2.94. The van der Waals surface area contributed by atoms with E-state index >= 15 is 0 Å². The van der Waals surface area contributed by atoms with Crippen LogP contribution in [-0.4, -0.2) is 13.7 Å². The summed E-state index contributed by atoms with van der Waals surface area (Å²) < 4.78 is 39.4. The Balaban J connectivity index is 1.60. The standard InChI is InChI=1S/C23H22BrF2NO2/c1-28-22-13-16(14-27-11-10-17-6-2-4-8-20(17)25)12-19(24)23(22)29-15-18-7-3-5-9-21(18)26/h2-9,12-13,27H,10-11,14-15H2,1H3. The van der Waals surface area contributed by atoms with Crippen LogP contribution in [0.1, 0.15) is 16.7 Å². The van der Waals surface area contributed by atoms with E-state index in [-0.39, 0.29) is 18.2 Å². The molecule has 1 N–H and O–H groups in total. The summed E-state index contributed by atoms with van der Waals surface area (Å²) in [5, 5.41) is 3.31. The van der Waals surface area contributed by atoms with Crippen molar-refractivity contribution in [1.82, 2.24) is 5.32 Å². The van der Waals surface area contributed by atoms with Gasteiger partial charge in [-0.25, -0.2) is 8.78 Å². The van der Waals surface area contributed by atoms with Crippen LogP contribution in [0.15, 0.2) is 65.1 Å². The Morgan fingerprint density at radius 2 is 1.59 bits per heavy atom. The van der Waals surface area contributed by atoms with Crippen LogP contribution in [0.4, 0.5) is 8.78 Å². The second kappa shape index (κ2) is 10.4. The van der Waals surface area contributed by atoms with Gasteiger partial charge in [-0.2, -0.15) is 0 Å². The molecule has 0 aliphatic rings. The summed E-state index contributed by atoms with van der Waals surface area (Å²) in [6.45, 7) is 1.34. The highest BCUT2D eigenvalue weighted by Crippen LogP contribution is 2.37. The van der Waals surface area contributed by atoms with Crippen LogP contribution in [0, 0.1) is 11.6 Å². The zero-order valence-corrected chi connectivity index (χ0v) is 17.6. The number of nitrogens with one attached hydrogen (secondary N) is 1. The van der Waals surface area contributed by atoms with Gasteiger partial charge in [-0.3, -0.25) is 0 Å². The topological polar surface area (TPSA) is 30.5 Å². The molecule has 0 bridgehead atoms. The first kappa shape index (κ1) is 21.3. The summed E-state index contributed by atoms with van der Waals surface area (Å²) in [4.78, 5) is 0. The van der Waals surface area contributed by atoms with Crippen molar-refractivity contribution in [3.05, 3.63) is 93.5 Å². The molecule has 3 nitrogen and oxygen atoms in total. The quantitative estimate of drug-likeness (QED) is 0.417. The predicted molar refractivity (Wildman–Crippen MR) is 113 cm³/mol. The molecule has 3 rings (SSSR count). The summed E-state index contributed by atoms with van der Waals surface area (Å²) in [5.74, 6) is 0.584. The molecule has 0 spiro atoms. The normalized spacial score (nSPS) is 10.8. The number of halogens is 3. The molecule has 152 valence electrons. The Morgan fingerprint density at radius 3 is 2.24 bits per heavy atom. The Kier molecular flexibility index (Phi) is 7.61. The lowest BCUT2D eigenvalue weighted by Gasteiger charge is -2.15. The fraction of sp³-hybridized carbons (Fsp3) is 0.217. The molecule has 0 saturated carbocycles. The third-order valence-electron chi connectivity index (χ3n) is 4.48. The van der Waals surface area contributed by atoms with E-state index in [1.165, 1.54) is 12.1 Å². The van der Waals surface area contributed by atoms with E-state index in [0.717, 1.165) is 10.0 Å². The highest BCUT2D eigenvalue weighted by Gasteiger charge is 2.13. The van der Waals surface area contributed by atoms with Gasteiger partial charge in [0.05, 0.1) is 11.6 Å². The predicted octanol–water partition coefficient (Wildman–Crippen LogP) is 5.65. The van der Waals surface area contributed by atoms with E-state index in [2.05, 4.69) is 21.2 Å². The molecule has 3 aromatic carbocycles. The third-order valence-corrected chi connectivity index (χ3v) is 5.07. The molecular weight excluding hydrogens is 440 g/mol. The van der Waals surface area contributed by atoms with Gasteiger partial charge < -0.3 is 14.8 Å². The molecule has 6 heteroatoms. The third kappa shape index (κ3) is 5.78. The van der Waals surface area contributed by atoms with Crippen molar-refractivity contribution in [2.45, 2.75) is 19.6 Å². The van der Waals surface area contributed by atoms with Crippen LogP contribution in [-0.2, 0) is 19.6 Å². The van der Waals surface area contributed by atoms with Crippen molar-refractivity contribution in [2.75, 3.05) is 13.7 Å². The van der Waals surface area contributed by atoms with Crippen molar-refractivity contribution < 1.29 is 18.3 Å². The van der Waals surface area contributed by atoms with Crippen molar-refractivity contribution in [1.29, 1.82) is 0 Å². The maximum atomic E-state index is 13.8. The van der Waals surface area contributed by atoms with Gasteiger partial charge >= 0.3 is 0 Å². The fourth-order valence-corrected chi connectivity index (χ4v) is 3.54. The highest BCUT2D eigenvalue weighted by molar-refractivity contribution is 9.10. The second-order valence-electron chi connectivity index (χ2n) is 6.51. The SMILES string of the molecule is COc1cc(CNCCc2ccccc2F)cc(Br)c1OCc1ccccc1F. The first-order valence-electron chi connectivity index (χ1n) is 9.25. The van der Waals surface area contributed by atoms with E-state index in [1.54, 1.807) is 37.4 Å². The zero-order chi connectivity index (χ0) is 20.6. The van der Waals surface area contributed by atoms with Crippen molar-refractivity contribution >= 4 is 15.9 Å². The van der Waals surface area contributed by atoms with Crippen LogP contribution < -0.4 is 14.8 Å². The molecule has 3 aromatic rings. The zero-order valence-electron chi connectivity index (χ0n) is 16.1. The molecular formula is C23H22BrF2NO2. The molecule has 0 aromatic heterocycles. The van der Waals surface area contributed by atoms with Gasteiger partial charge in [-0.05, 0) is 64.3 Å². The molecule has 0 aliphatic heterocycles. The van der Waals surface area contributed by atoms with Gasteiger partial charge in [0.25, 0.3) is 0 Å². The number of ether oxygens (including phenoxy) is 2. The van der Waals surface area contributed by atoms with Crippen LogP contribution in [0.2, 0.25) is 0 Å². The minimum atomic E-state index is -0.307. The number of hydrogen-bond donors (Lipinski definition) is 1. The number of rotatable bonds is 9. The number of hydrogen-bond acceptors (Lipinski definition) is 3. The van der Waals surface area contributed by atoms with Gasteiger partial charge in [0.15, 0.2) is 11.5 Å². The lowest BCUT2D eigenvalue weighted by Crippen LogP contribution is -2.17. The van der Waals surface area contributed by atoms with Crippen molar-refractivity contribution in [3.8, 4) is 11.5 Å². The Bertz CT molecular complexity index is 965. The lowest BCUT2D eigenvalue weighted by molar-refractivity contribution is 0.277. The van der Waals surface area contributed by atoms with E-state index in [9.17, 15) is 8.78 Å². The molecule has 0 fully saturated rings. The van der Waals surface area contributed by atoms with Crippen LogP contribution in [0.3, 0.4) is 0 Å². The minimum Gasteiger partial charge on any atom is -0.493 e. The highest BCUT2D eigenvalue weighted by atomic mass is 79.9. The van der Waals surface area contributed by atoms with Crippen LogP contribution >= 0.6 is 15.9 Å². The van der Waals surface area contributed by atoms with Gasteiger partial charge in [0, 0.05) is 12.1 Å². The number of methoxy groups -OCH3 is 1. The minimum absolute atomic E-state index is 0.0991. The summed E-state index contributed by atoms with van der Waals surface area (Å²) in [5.41, 5.74) is 2.15. The van der Waals surface area contributed by atoms with E-state index in [1.807, 2.05) is 18.2 Å². The van der Waals surface area contributed by atoms with E-state index in [0.29, 0.717) is 42.1 Å². The summed E-state index contributed by atoms with van der Waals surface area (Å²) >= 11 is 3.51. The summed E-state index contributed by atoms with van der Waals surface area (Å²) in [6.07, 6.45) is 0.606. The lowest BCUT2D eigenvalue weighted by atomic mass is 10.1. The maximum absolute atomic E-state index is 13.8. The first-order chi connectivity index (χ1) is 14.1. The van der Waals surface area contributed by atoms with E-state index < -0.39 is 0 Å². The van der Waals surface area contributed by atoms with Gasteiger partial charge in [-0.1, -0.05) is 36.4 Å². The van der Waals surface area contributed by atoms with Crippen LogP contribution in [0.25, 0.3) is 0 Å². The van der Waals surface area contributed by atoms with Gasteiger partial charge in [0.2, 0.25) is 0 Å². The van der Waals surface area contributed by atoms with Crippen molar-refractivity contribution in [3.63, 3.8) is 0 Å². The first-order valence-corrected chi connectivity index (χ1v) is 10.0. The smallest absolute Gasteiger partial charge is 0.175 e. The Labute approximate surface area is 177 Å². The second-order valence-corrected chi connectivity index (χ2v) is 7.36. The Hall–Kier alpha value is -2.44. The molecule has 0 radical (unpaired) electrons. The molecule has 0 unspecified atom stereocenters. The number of benzene rings is 3. The average Bonchev–Trinajstić information content (AvgIpc) is 2.72. The van der Waals surface area contributed by atoms with Gasteiger partial charge in [0.1, 0.15) is 18.2 Å². The average molecular weight is 462 g/mol. The summed E-state index contributed by atoms with van der Waals surface area (Å²) in [6, 6.07) is 17.1. The van der Waals surface area contributed by atoms with Crippen LogP contribution in [0.5, 0.6) is 11.5 Å². The molecule has 0 saturated heterocycles. The largest absolute Gasteiger partial charge is 0.493 e. The summed E-state index contributed by atoms with van der Waals surface area (Å²) in [7, 11) is 1.56. The Morgan fingerprint density at radius 1 is 0.931 bits per heavy atom. The van der Waals surface area contributed by atoms with Crippen molar-refractivity contribution in [2.24, 2.45) is 0 Å². The maximum Gasteiger partial charge on any atom is 0.175 e. The molecule has 0 amide bonds. The molecule has 29 heavy (non-hydrogen) atoms. The monoisotopic (exact) mass is 461 g/mol.